The summed E-state index contributed by atoms with van der Waals surface area (Å²) < 4.78 is 8.07. The minimum atomic E-state index is -0.509. The molecule has 0 radical (unpaired) electrons. The molecule has 0 aliphatic rings. The zero-order chi connectivity index (χ0) is 15.6. The van der Waals surface area contributed by atoms with Crippen LogP contribution in [-0.2, 0) is 11.3 Å². The number of aromatic nitrogens is 1. The van der Waals surface area contributed by atoms with Gasteiger partial charge in [0.1, 0.15) is 0 Å². The Morgan fingerprint density at radius 2 is 2.10 bits per heavy atom. The first kappa shape index (κ1) is 15.9. The van der Waals surface area contributed by atoms with E-state index in [-0.39, 0.29) is 20.3 Å². The standard InChI is InChI=1S/C15H20N2O3Se/c1-10-5-6-11-12(9-10)21-17(13(11)18)8-7-16-14(19)20-15(2,3)4/h5-6,9H,7-8H2,1-4H3,(H,16,19). The number of hydrogen-bond acceptors (Lipinski definition) is 3. The summed E-state index contributed by atoms with van der Waals surface area (Å²) in [6, 6.07) is 5.90. The van der Waals surface area contributed by atoms with Crippen molar-refractivity contribution >= 4 is 30.5 Å². The van der Waals surface area contributed by atoms with Gasteiger partial charge in [0.05, 0.1) is 0 Å². The van der Waals surface area contributed by atoms with Gasteiger partial charge < -0.3 is 0 Å². The Balaban J connectivity index is 2.00. The number of ether oxygens (including phenoxy) is 1. The number of carbonyl (C=O) groups is 1. The average Bonchev–Trinajstić information content (AvgIpc) is 2.63. The zero-order valence-electron chi connectivity index (χ0n) is 12.7. The topological polar surface area (TPSA) is 60.3 Å². The maximum absolute atomic E-state index is 12.2. The van der Waals surface area contributed by atoms with Crippen LogP contribution in [0, 0.1) is 6.92 Å². The van der Waals surface area contributed by atoms with Gasteiger partial charge in [-0.25, -0.2) is 0 Å². The predicted molar refractivity (Wildman–Crippen MR) is 84.1 cm³/mol. The number of hydrogen-bond donors (Lipinski definition) is 1. The van der Waals surface area contributed by atoms with Crippen LogP contribution in [-0.4, -0.2) is 36.5 Å². The number of aryl methyl sites for hydroxylation is 1. The van der Waals surface area contributed by atoms with Gasteiger partial charge in [-0.2, -0.15) is 0 Å². The van der Waals surface area contributed by atoms with Crippen molar-refractivity contribution in [1.82, 2.24) is 8.88 Å². The third kappa shape index (κ3) is 4.22. The summed E-state index contributed by atoms with van der Waals surface area (Å²) in [4.78, 5) is 23.8. The van der Waals surface area contributed by atoms with Crippen LogP contribution in [0.25, 0.3) is 9.65 Å². The summed E-state index contributed by atoms with van der Waals surface area (Å²) in [5, 5.41) is 3.47. The molecule has 1 aromatic carbocycles. The van der Waals surface area contributed by atoms with E-state index in [0.717, 1.165) is 15.2 Å². The molecule has 2 rings (SSSR count). The van der Waals surface area contributed by atoms with Crippen LogP contribution in [0.4, 0.5) is 4.79 Å². The average molecular weight is 355 g/mol. The second-order valence-electron chi connectivity index (χ2n) is 5.93. The number of alkyl carbamates (subject to hydrolysis) is 1. The molecule has 21 heavy (non-hydrogen) atoms. The quantitative estimate of drug-likeness (QED) is 0.856. The summed E-state index contributed by atoms with van der Waals surface area (Å²) in [5.74, 6) is 0. The number of nitrogens with zero attached hydrogens (tertiary/aromatic N) is 1. The van der Waals surface area contributed by atoms with Crippen molar-refractivity contribution in [3.8, 4) is 0 Å². The molecule has 114 valence electrons. The first-order chi connectivity index (χ1) is 9.76. The zero-order valence-corrected chi connectivity index (χ0v) is 14.4. The molecule has 1 aromatic heterocycles. The number of benzene rings is 1. The van der Waals surface area contributed by atoms with Gasteiger partial charge in [-0.1, -0.05) is 0 Å². The van der Waals surface area contributed by atoms with Crippen LogP contribution in [0.15, 0.2) is 23.0 Å². The molecular weight excluding hydrogens is 335 g/mol. The van der Waals surface area contributed by atoms with Crippen LogP contribution < -0.4 is 10.9 Å². The number of fused-ring (bicyclic) bond motifs is 1. The molecule has 0 unspecified atom stereocenters. The Kier molecular flexibility index (Phi) is 4.59. The van der Waals surface area contributed by atoms with Gasteiger partial charge in [0, 0.05) is 0 Å². The SMILES string of the molecule is Cc1ccc2c(=O)n(CCNC(=O)OC(C)(C)C)[se]c2c1. The van der Waals surface area contributed by atoms with Crippen molar-refractivity contribution in [2.45, 2.75) is 39.8 Å². The van der Waals surface area contributed by atoms with Gasteiger partial charge in [-0.3, -0.25) is 0 Å². The van der Waals surface area contributed by atoms with Crippen molar-refractivity contribution in [3.05, 3.63) is 34.1 Å². The molecule has 1 heterocycles. The molecule has 0 saturated heterocycles. The molecule has 0 fully saturated rings. The summed E-state index contributed by atoms with van der Waals surface area (Å²) in [5.41, 5.74) is 0.707. The van der Waals surface area contributed by atoms with E-state index in [1.807, 2.05) is 39.8 Å². The van der Waals surface area contributed by atoms with Crippen molar-refractivity contribution in [1.29, 1.82) is 0 Å². The fraction of sp³-hybridized carbons (Fsp3) is 0.467. The number of nitrogens with one attached hydrogen (secondary N) is 1. The molecule has 0 saturated carbocycles. The van der Waals surface area contributed by atoms with E-state index in [2.05, 4.69) is 11.4 Å². The van der Waals surface area contributed by atoms with E-state index in [0.29, 0.717) is 13.1 Å². The van der Waals surface area contributed by atoms with Crippen molar-refractivity contribution < 1.29 is 9.53 Å². The Labute approximate surface area is 129 Å². The van der Waals surface area contributed by atoms with E-state index < -0.39 is 11.7 Å². The van der Waals surface area contributed by atoms with Crippen LogP contribution >= 0.6 is 0 Å². The first-order valence-electron chi connectivity index (χ1n) is 6.83. The fourth-order valence-corrected chi connectivity index (χ4v) is 4.19. The van der Waals surface area contributed by atoms with Crippen LogP contribution in [0.2, 0.25) is 0 Å². The Morgan fingerprint density at radius 1 is 1.38 bits per heavy atom. The molecule has 6 heteroatoms. The molecular formula is C15H20N2O3Se. The molecule has 0 aliphatic carbocycles. The van der Waals surface area contributed by atoms with Crippen molar-refractivity contribution in [3.63, 3.8) is 0 Å². The van der Waals surface area contributed by atoms with Crippen LogP contribution in [0.3, 0.4) is 0 Å². The van der Waals surface area contributed by atoms with Gasteiger partial charge in [0.25, 0.3) is 0 Å². The molecule has 5 nitrogen and oxygen atoms in total. The number of rotatable bonds is 3. The van der Waals surface area contributed by atoms with E-state index in [9.17, 15) is 9.59 Å². The van der Waals surface area contributed by atoms with Gasteiger partial charge in [-0.05, 0) is 0 Å². The third-order valence-electron chi connectivity index (χ3n) is 2.79. The number of carbonyl (C=O) groups excluding carboxylic acids is 1. The Morgan fingerprint density at radius 3 is 2.76 bits per heavy atom. The fourth-order valence-electron chi connectivity index (χ4n) is 1.90. The Hall–Kier alpha value is -1.52. The van der Waals surface area contributed by atoms with Gasteiger partial charge in [0.15, 0.2) is 0 Å². The van der Waals surface area contributed by atoms with E-state index >= 15 is 0 Å². The molecule has 0 bridgehead atoms. The third-order valence-corrected chi connectivity index (χ3v) is 5.10. The van der Waals surface area contributed by atoms with E-state index in [4.69, 9.17) is 4.74 Å². The molecule has 1 N–H and O–H groups in total. The first-order valence-corrected chi connectivity index (χ1v) is 8.46. The van der Waals surface area contributed by atoms with Crippen molar-refractivity contribution in [2.75, 3.05) is 6.54 Å². The normalized spacial score (nSPS) is 11.6. The summed E-state index contributed by atoms with van der Waals surface area (Å²) in [7, 11) is 0. The molecule has 2 aromatic rings. The second-order valence-corrected chi connectivity index (χ2v) is 8.16. The Bertz CT molecular complexity index is 710. The van der Waals surface area contributed by atoms with Crippen LogP contribution in [0.1, 0.15) is 26.3 Å². The predicted octanol–water partition coefficient (Wildman–Crippen LogP) is 1.89. The number of amides is 1. The minimum absolute atomic E-state index is 0.00590. The van der Waals surface area contributed by atoms with Gasteiger partial charge in [-0.15, -0.1) is 0 Å². The van der Waals surface area contributed by atoms with Gasteiger partial charge in [0.2, 0.25) is 0 Å². The van der Waals surface area contributed by atoms with E-state index in [1.165, 1.54) is 0 Å². The molecule has 0 atom stereocenters. The summed E-state index contributed by atoms with van der Waals surface area (Å²) in [6.07, 6.45) is -0.449. The summed E-state index contributed by atoms with van der Waals surface area (Å²) >= 11 is -0.00590. The maximum atomic E-state index is 12.2. The monoisotopic (exact) mass is 356 g/mol. The second kappa shape index (κ2) is 6.08. The molecule has 1 amide bonds. The molecule has 0 spiro atoms. The van der Waals surface area contributed by atoms with Crippen LogP contribution in [0.5, 0.6) is 0 Å². The van der Waals surface area contributed by atoms with Crippen molar-refractivity contribution in [2.24, 2.45) is 0 Å². The van der Waals surface area contributed by atoms with E-state index in [1.54, 1.807) is 3.56 Å². The molecule has 0 aliphatic heterocycles. The van der Waals surface area contributed by atoms with Gasteiger partial charge >= 0.3 is 129 Å². The summed E-state index contributed by atoms with van der Waals surface area (Å²) in [6.45, 7) is 8.38.